The number of nitrogens with zero attached hydrogens (tertiary/aromatic N) is 2. The van der Waals surface area contributed by atoms with Crippen molar-refractivity contribution < 1.29 is 29.4 Å². The van der Waals surface area contributed by atoms with Gasteiger partial charge < -0.3 is 15.1 Å². The number of nitrogens with one attached hydrogen (secondary N) is 1. The Labute approximate surface area is 202 Å². The zero-order chi connectivity index (χ0) is 24.7. The Kier molecular flexibility index (Phi) is 6.00. The molecule has 0 spiro atoms. The number of carbonyl (C=O) groups excluding carboxylic acids is 4. The van der Waals surface area contributed by atoms with Crippen LogP contribution in [0.4, 0.5) is 0 Å². The summed E-state index contributed by atoms with van der Waals surface area (Å²) in [5, 5.41) is 24.1. The highest BCUT2D eigenvalue weighted by molar-refractivity contribution is 6.23. The molecule has 3 N–H and O–H groups in total. The van der Waals surface area contributed by atoms with Crippen LogP contribution in [0.3, 0.4) is 0 Å². The van der Waals surface area contributed by atoms with Crippen molar-refractivity contribution in [2.24, 2.45) is 0 Å². The van der Waals surface area contributed by atoms with E-state index in [0.717, 1.165) is 10.5 Å². The Morgan fingerprint density at radius 1 is 0.971 bits per heavy atom. The summed E-state index contributed by atoms with van der Waals surface area (Å²) >= 11 is 0. The van der Waals surface area contributed by atoms with Gasteiger partial charge in [0.2, 0.25) is 11.8 Å². The molecule has 0 saturated carbocycles. The standard InChI is InChI=1S/C26H27N3O6/c30-21(16-4-2-1-3-5-16)15-28-12-10-26(35,11-13-28)17-6-7-18-19(14-17)25(34)29(24(18)33)20-8-9-22(31)27-23(20)32/h1-7,14,20-21,30,35H,8-13,15H2,(H,27,31,32). The zero-order valence-electron chi connectivity index (χ0n) is 19.1. The van der Waals surface area contributed by atoms with E-state index in [1.54, 1.807) is 12.1 Å². The number of hydrogen-bond acceptors (Lipinski definition) is 7. The molecule has 3 heterocycles. The van der Waals surface area contributed by atoms with Crippen molar-refractivity contribution in [3.05, 3.63) is 70.8 Å². The SMILES string of the molecule is O=C1CCC(N2C(=O)c3ccc(C4(O)CCN(CC(O)c5ccccc5)CC4)cc3C2=O)C(=O)N1. The van der Waals surface area contributed by atoms with E-state index in [1.165, 1.54) is 6.07 Å². The van der Waals surface area contributed by atoms with Crippen LogP contribution in [0.5, 0.6) is 0 Å². The van der Waals surface area contributed by atoms with Crippen LogP contribution in [0.25, 0.3) is 0 Å². The van der Waals surface area contributed by atoms with Crippen molar-refractivity contribution in [2.45, 2.75) is 43.4 Å². The normalized spacial score (nSPS) is 23.3. The smallest absolute Gasteiger partial charge is 0.262 e. The Hall–Kier alpha value is -3.40. The second-order valence-electron chi connectivity index (χ2n) is 9.47. The summed E-state index contributed by atoms with van der Waals surface area (Å²) in [5.74, 6) is -2.23. The van der Waals surface area contributed by atoms with Gasteiger partial charge >= 0.3 is 0 Å². The van der Waals surface area contributed by atoms with Gasteiger partial charge in [0, 0.05) is 26.1 Å². The minimum absolute atomic E-state index is 0.0598. The molecule has 0 aliphatic carbocycles. The maximum atomic E-state index is 13.1. The fraction of sp³-hybridized carbons (Fsp3) is 0.385. The number of imide groups is 2. The van der Waals surface area contributed by atoms with Crippen LogP contribution >= 0.6 is 0 Å². The van der Waals surface area contributed by atoms with E-state index in [0.29, 0.717) is 38.0 Å². The monoisotopic (exact) mass is 477 g/mol. The lowest BCUT2D eigenvalue weighted by Crippen LogP contribution is -2.54. The number of piperidine rings is 2. The van der Waals surface area contributed by atoms with E-state index in [-0.39, 0.29) is 24.0 Å². The third kappa shape index (κ3) is 4.27. The highest BCUT2D eigenvalue weighted by atomic mass is 16.3. The van der Waals surface area contributed by atoms with Crippen LogP contribution in [0.15, 0.2) is 48.5 Å². The highest BCUT2D eigenvalue weighted by Crippen LogP contribution is 2.36. The predicted octanol–water partition coefficient (Wildman–Crippen LogP) is 1.10. The van der Waals surface area contributed by atoms with E-state index < -0.39 is 41.4 Å². The third-order valence-electron chi connectivity index (χ3n) is 7.28. The van der Waals surface area contributed by atoms with Gasteiger partial charge in [-0.3, -0.25) is 29.4 Å². The Bertz CT molecular complexity index is 1190. The van der Waals surface area contributed by atoms with E-state index in [2.05, 4.69) is 10.2 Å². The van der Waals surface area contributed by atoms with Gasteiger partial charge in [-0.25, -0.2) is 0 Å². The van der Waals surface area contributed by atoms with Crippen LogP contribution in [0.2, 0.25) is 0 Å². The average Bonchev–Trinajstić information content (AvgIpc) is 3.11. The second-order valence-corrected chi connectivity index (χ2v) is 9.47. The summed E-state index contributed by atoms with van der Waals surface area (Å²) in [5.41, 5.74) is 0.568. The number of benzene rings is 2. The molecule has 5 rings (SSSR count). The molecule has 0 radical (unpaired) electrons. The number of aliphatic hydroxyl groups is 2. The van der Waals surface area contributed by atoms with Crippen LogP contribution in [0.1, 0.15) is 63.6 Å². The summed E-state index contributed by atoms with van der Waals surface area (Å²) < 4.78 is 0. The maximum Gasteiger partial charge on any atom is 0.262 e. The van der Waals surface area contributed by atoms with E-state index in [9.17, 15) is 29.4 Å². The lowest BCUT2D eigenvalue weighted by Gasteiger charge is -2.39. The van der Waals surface area contributed by atoms with Crippen molar-refractivity contribution in [3.8, 4) is 0 Å². The molecule has 0 aromatic heterocycles. The van der Waals surface area contributed by atoms with Crippen molar-refractivity contribution >= 4 is 23.6 Å². The molecular weight excluding hydrogens is 450 g/mol. The van der Waals surface area contributed by atoms with Crippen LogP contribution in [-0.2, 0) is 15.2 Å². The molecule has 2 unspecified atom stereocenters. The molecule has 2 aromatic carbocycles. The third-order valence-corrected chi connectivity index (χ3v) is 7.28. The quantitative estimate of drug-likeness (QED) is 0.551. The zero-order valence-corrected chi connectivity index (χ0v) is 19.1. The number of rotatable bonds is 5. The molecule has 9 heteroatoms. The summed E-state index contributed by atoms with van der Waals surface area (Å²) in [6.45, 7) is 1.58. The molecular formula is C26H27N3O6. The number of carbonyl (C=O) groups is 4. The first-order chi connectivity index (χ1) is 16.8. The topological polar surface area (TPSA) is 127 Å². The molecule has 2 aromatic rings. The van der Waals surface area contributed by atoms with Gasteiger partial charge in [0.25, 0.3) is 11.8 Å². The second kappa shape index (κ2) is 8.99. The van der Waals surface area contributed by atoms with Gasteiger partial charge in [0.1, 0.15) is 6.04 Å². The summed E-state index contributed by atoms with van der Waals surface area (Å²) in [6, 6.07) is 13.1. The molecule has 9 nitrogen and oxygen atoms in total. The highest BCUT2D eigenvalue weighted by Gasteiger charge is 2.45. The first-order valence-corrected chi connectivity index (χ1v) is 11.8. The molecule has 2 atom stereocenters. The largest absolute Gasteiger partial charge is 0.387 e. The van der Waals surface area contributed by atoms with Crippen molar-refractivity contribution in [2.75, 3.05) is 19.6 Å². The molecule has 0 bridgehead atoms. The van der Waals surface area contributed by atoms with Gasteiger partial charge in [-0.05, 0) is 42.5 Å². The Balaban J connectivity index is 1.28. The minimum Gasteiger partial charge on any atom is -0.387 e. The van der Waals surface area contributed by atoms with Gasteiger partial charge in [0.05, 0.1) is 22.8 Å². The Morgan fingerprint density at radius 3 is 2.34 bits per heavy atom. The minimum atomic E-state index is -1.17. The van der Waals surface area contributed by atoms with Gasteiger partial charge in [-0.1, -0.05) is 36.4 Å². The number of fused-ring (bicyclic) bond motifs is 1. The van der Waals surface area contributed by atoms with Gasteiger partial charge in [-0.2, -0.15) is 0 Å². The van der Waals surface area contributed by atoms with E-state index in [1.807, 2.05) is 30.3 Å². The molecule has 3 aliphatic rings. The fourth-order valence-corrected chi connectivity index (χ4v) is 5.18. The van der Waals surface area contributed by atoms with Crippen molar-refractivity contribution in [1.29, 1.82) is 0 Å². The average molecular weight is 478 g/mol. The number of β-amino-alcohol motifs (C(OH)–C–C–N with tert-alkyl or cyclic N) is 1. The van der Waals surface area contributed by atoms with E-state index in [4.69, 9.17) is 0 Å². The summed E-state index contributed by atoms with van der Waals surface area (Å²) in [4.78, 5) is 52.8. The number of aliphatic hydroxyl groups excluding tert-OH is 1. The van der Waals surface area contributed by atoms with Crippen LogP contribution < -0.4 is 5.32 Å². The fourth-order valence-electron chi connectivity index (χ4n) is 5.18. The lowest BCUT2D eigenvalue weighted by molar-refractivity contribution is -0.136. The van der Waals surface area contributed by atoms with Gasteiger partial charge in [-0.15, -0.1) is 0 Å². The van der Waals surface area contributed by atoms with Gasteiger partial charge in [0.15, 0.2) is 0 Å². The predicted molar refractivity (Wildman–Crippen MR) is 124 cm³/mol. The Morgan fingerprint density at radius 2 is 1.66 bits per heavy atom. The molecule has 182 valence electrons. The van der Waals surface area contributed by atoms with Crippen molar-refractivity contribution in [1.82, 2.24) is 15.1 Å². The number of hydrogen-bond donors (Lipinski definition) is 3. The summed E-state index contributed by atoms with van der Waals surface area (Å²) in [7, 11) is 0. The lowest BCUT2D eigenvalue weighted by atomic mass is 9.83. The molecule has 2 fully saturated rings. The first-order valence-electron chi connectivity index (χ1n) is 11.8. The molecule has 3 aliphatic heterocycles. The maximum absolute atomic E-state index is 13.1. The molecule has 35 heavy (non-hydrogen) atoms. The number of likely N-dealkylation sites (tertiary alicyclic amines) is 1. The summed E-state index contributed by atoms with van der Waals surface area (Å²) in [6.07, 6.45) is 0.352. The van der Waals surface area contributed by atoms with Crippen LogP contribution in [-0.4, -0.2) is 69.3 Å². The van der Waals surface area contributed by atoms with E-state index >= 15 is 0 Å². The van der Waals surface area contributed by atoms with Crippen molar-refractivity contribution in [3.63, 3.8) is 0 Å². The number of amides is 4. The van der Waals surface area contributed by atoms with Crippen LogP contribution in [0, 0.1) is 0 Å². The molecule has 2 saturated heterocycles. The molecule has 4 amide bonds. The first kappa shape index (κ1) is 23.3.